The lowest BCUT2D eigenvalue weighted by Gasteiger charge is -2.36. The zero-order valence-electron chi connectivity index (χ0n) is 19.4. The maximum atomic E-state index is 12.6. The minimum atomic E-state index is -1.59. The molecule has 3 N–H and O–H groups in total. The third-order valence-corrected chi connectivity index (χ3v) is 4.49. The fraction of sp³-hybridized carbons (Fsp3) is 0.850. The van der Waals surface area contributed by atoms with Gasteiger partial charge in [0, 0.05) is 26.2 Å². The van der Waals surface area contributed by atoms with Gasteiger partial charge in [-0.25, -0.2) is 20.0 Å². The van der Waals surface area contributed by atoms with Crippen LogP contribution in [0.25, 0.3) is 0 Å². The number of carbonyl (C=O) groups is 3. The Hall–Kier alpha value is -2.11. The van der Waals surface area contributed by atoms with E-state index in [2.05, 4.69) is 15.6 Å². The molecule has 180 valence electrons. The van der Waals surface area contributed by atoms with Crippen molar-refractivity contribution in [1.82, 2.24) is 20.7 Å². The van der Waals surface area contributed by atoms with Crippen LogP contribution in [0.2, 0.25) is 0 Å². The van der Waals surface area contributed by atoms with Gasteiger partial charge in [0.2, 0.25) is 0 Å². The van der Waals surface area contributed by atoms with E-state index in [4.69, 9.17) is 14.2 Å². The zero-order chi connectivity index (χ0) is 23.6. The van der Waals surface area contributed by atoms with Crippen LogP contribution in [-0.2, 0) is 19.0 Å². The van der Waals surface area contributed by atoms with Crippen molar-refractivity contribution in [3.63, 3.8) is 0 Å². The molecule has 31 heavy (non-hydrogen) atoms. The van der Waals surface area contributed by atoms with E-state index in [1.54, 1.807) is 41.5 Å². The molecule has 11 heteroatoms. The van der Waals surface area contributed by atoms with Crippen LogP contribution in [0.3, 0.4) is 0 Å². The summed E-state index contributed by atoms with van der Waals surface area (Å²) >= 11 is 0. The number of hydrazine groups is 1. The lowest BCUT2D eigenvalue weighted by atomic mass is 9.97. The van der Waals surface area contributed by atoms with Gasteiger partial charge < -0.3 is 24.6 Å². The van der Waals surface area contributed by atoms with Crippen molar-refractivity contribution in [2.75, 3.05) is 39.4 Å². The molecule has 2 atom stereocenters. The van der Waals surface area contributed by atoms with Gasteiger partial charge in [0.05, 0.1) is 31.5 Å². The Morgan fingerprint density at radius 1 is 1.03 bits per heavy atom. The number of morpholine rings is 1. The van der Waals surface area contributed by atoms with Crippen molar-refractivity contribution >= 4 is 18.1 Å². The molecule has 1 fully saturated rings. The van der Waals surface area contributed by atoms with Crippen LogP contribution in [0.1, 0.15) is 41.5 Å². The molecule has 1 aliphatic heterocycles. The summed E-state index contributed by atoms with van der Waals surface area (Å²) in [6, 6.07) is -1.07. The molecule has 1 aliphatic rings. The third-order valence-electron chi connectivity index (χ3n) is 4.49. The van der Waals surface area contributed by atoms with Gasteiger partial charge in [-0.2, -0.15) is 0 Å². The smallest absolute Gasteiger partial charge is 0.429 e. The number of ether oxygens (including phenoxy) is 3. The maximum absolute atomic E-state index is 12.6. The molecule has 0 aromatic carbocycles. The minimum Gasteiger partial charge on any atom is -0.446 e. The normalized spacial score (nSPS) is 16.7. The Kier molecular flexibility index (Phi) is 11.6. The van der Waals surface area contributed by atoms with Crippen molar-refractivity contribution in [1.29, 1.82) is 0 Å². The number of rotatable bonds is 9. The number of amides is 3. The molecular formula is C20H38N4O7. The van der Waals surface area contributed by atoms with Gasteiger partial charge in [-0.05, 0) is 33.6 Å². The van der Waals surface area contributed by atoms with Crippen molar-refractivity contribution in [3.8, 4) is 0 Å². The second kappa shape index (κ2) is 13.3. The number of nitrogens with zero attached hydrogens (tertiary/aromatic N) is 2. The summed E-state index contributed by atoms with van der Waals surface area (Å²) < 4.78 is 15.5. The molecule has 0 bridgehead atoms. The molecule has 0 aliphatic carbocycles. The Bertz CT molecular complexity index is 580. The van der Waals surface area contributed by atoms with Gasteiger partial charge in [0.1, 0.15) is 0 Å². The van der Waals surface area contributed by atoms with Crippen LogP contribution in [0.4, 0.5) is 9.59 Å². The first kappa shape index (κ1) is 26.9. The summed E-state index contributed by atoms with van der Waals surface area (Å²) in [5.74, 6) is -1.03. The topological polar surface area (TPSA) is 130 Å². The third kappa shape index (κ3) is 9.70. The average Bonchev–Trinajstić information content (AvgIpc) is 2.66. The van der Waals surface area contributed by atoms with E-state index in [0.717, 1.165) is 18.1 Å². The predicted octanol–water partition coefficient (Wildman–Crippen LogP) is 0.717. The summed E-state index contributed by atoms with van der Waals surface area (Å²) in [6.07, 6.45) is -4.27. The highest BCUT2D eigenvalue weighted by Crippen LogP contribution is 2.16. The maximum Gasteiger partial charge on any atom is 0.429 e. The summed E-state index contributed by atoms with van der Waals surface area (Å²) in [5, 5.41) is 14.3. The number of aliphatic hydroxyl groups excluding tert-OH is 1. The summed E-state index contributed by atoms with van der Waals surface area (Å²) in [6.45, 7) is 13.9. The Morgan fingerprint density at radius 3 is 2.13 bits per heavy atom. The lowest BCUT2D eigenvalue weighted by molar-refractivity contribution is -0.134. The lowest BCUT2D eigenvalue weighted by Crippen LogP contribution is -2.61. The van der Waals surface area contributed by atoms with Crippen molar-refractivity contribution < 1.29 is 33.7 Å². The molecule has 0 aromatic rings. The van der Waals surface area contributed by atoms with Crippen LogP contribution >= 0.6 is 0 Å². The number of hydrogen-bond acceptors (Lipinski definition) is 8. The van der Waals surface area contributed by atoms with E-state index < -0.39 is 42.4 Å². The van der Waals surface area contributed by atoms with Gasteiger partial charge in [-0.1, -0.05) is 13.8 Å². The molecule has 11 nitrogen and oxygen atoms in total. The number of nitrogens with one attached hydrogen (secondary N) is 2. The molecule has 0 radical (unpaired) electrons. The van der Waals surface area contributed by atoms with E-state index in [0.29, 0.717) is 26.3 Å². The second-order valence-corrected chi connectivity index (χ2v) is 8.29. The minimum absolute atomic E-state index is 0.333. The summed E-state index contributed by atoms with van der Waals surface area (Å²) in [7, 11) is 0. The Labute approximate surface area is 184 Å². The Balaban J connectivity index is 2.85. The highest BCUT2D eigenvalue weighted by molar-refractivity contribution is 5.82. The molecular weight excluding hydrogens is 408 g/mol. The SMILES string of the molecule is CC(C)OC(=O)NN(C(=O)OC(C)C)[C@H](C(C)C)C(O)C(=O)NCCN1CCOCC1. The first-order valence-corrected chi connectivity index (χ1v) is 10.8. The fourth-order valence-corrected chi connectivity index (χ4v) is 3.06. The molecule has 0 saturated carbocycles. The summed E-state index contributed by atoms with van der Waals surface area (Å²) in [4.78, 5) is 39.5. The molecule has 1 heterocycles. The molecule has 3 amide bonds. The van der Waals surface area contributed by atoms with Crippen LogP contribution in [0.5, 0.6) is 0 Å². The first-order chi connectivity index (χ1) is 14.5. The van der Waals surface area contributed by atoms with Gasteiger partial charge in [-0.3, -0.25) is 9.69 Å². The van der Waals surface area contributed by atoms with Crippen LogP contribution in [0, 0.1) is 5.92 Å². The Morgan fingerprint density at radius 2 is 1.61 bits per heavy atom. The van der Waals surface area contributed by atoms with E-state index in [1.807, 2.05) is 0 Å². The molecule has 1 rings (SSSR count). The molecule has 0 aromatic heterocycles. The first-order valence-electron chi connectivity index (χ1n) is 10.8. The molecule has 1 saturated heterocycles. The highest BCUT2D eigenvalue weighted by Gasteiger charge is 2.39. The number of aliphatic hydroxyl groups is 1. The van der Waals surface area contributed by atoms with Crippen LogP contribution in [0.15, 0.2) is 0 Å². The average molecular weight is 447 g/mol. The van der Waals surface area contributed by atoms with Gasteiger partial charge >= 0.3 is 12.2 Å². The van der Waals surface area contributed by atoms with Crippen molar-refractivity contribution in [2.45, 2.75) is 65.9 Å². The molecule has 1 unspecified atom stereocenters. The van der Waals surface area contributed by atoms with E-state index in [9.17, 15) is 19.5 Å². The predicted molar refractivity (Wildman–Crippen MR) is 113 cm³/mol. The number of hydrogen-bond donors (Lipinski definition) is 3. The number of carbonyl (C=O) groups excluding carboxylic acids is 3. The molecule has 0 spiro atoms. The van der Waals surface area contributed by atoms with Crippen molar-refractivity contribution in [2.24, 2.45) is 5.92 Å². The zero-order valence-corrected chi connectivity index (χ0v) is 19.4. The van der Waals surface area contributed by atoms with Gasteiger partial charge in [0.15, 0.2) is 6.10 Å². The van der Waals surface area contributed by atoms with E-state index >= 15 is 0 Å². The van der Waals surface area contributed by atoms with Crippen LogP contribution < -0.4 is 10.7 Å². The monoisotopic (exact) mass is 446 g/mol. The van der Waals surface area contributed by atoms with Crippen LogP contribution in [-0.4, -0.2) is 96.9 Å². The highest BCUT2D eigenvalue weighted by atomic mass is 16.6. The second-order valence-electron chi connectivity index (χ2n) is 8.29. The fourth-order valence-electron chi connectivity index (χ4n) is 3.06. The largest absolute Gasteiger partial charge is 0.446 e. The summed E-state index contributed by atoms with van der Waals surface area (Å²) in [5.41, 5.74) is 2.31. The quantitative estimate of drug-likeness (QED) is 0.442. The van der Waals surface area contributed by atoms with Gasteiger partial charge in [-0.15, -0.1) is 0 Å². The van der Waals surface area contributed by atoms with E-state index in [-0.39, 0.29) is 5.92 Å². The van der Waals surface area contributed by atoms with E-state index in [1.165, 1.54) is 0 Å². The van der Waals surface area contributed by atoms with Gasteiger partial charge in [0.25, 0.3) is 5.91 Å². The van der Waals surface area contributed by atoms with Crippen molar-refractivity contribution in [3.05, 3.63) is 0 Å². The standard InChI is InChI=1S/C20H38N4O7/c1-13(2)16(17(25)18(26)21-7-8-23-9-11-29-12-10-23)24(20(28)31-15(5)6)22-19(27)30-14(3)4/h13-17,25H,7-12H2,1-6H3,(H,21,26)(H,22,27)/t16-,17?/m1/s1.